The van der Waals surface area contributed by atoms with Gasteiger partial charge in [0.1, 0.15) is 0 Å². The molecule has 2 heterocycles. The highest BCUT2D eigenvalue weighted by Gasteiger charge is 2.58. The number of likely N-dealkylation sites (tertiary alicyclic amines) is 1. The summed E-state index contributed by atoms with van der Waals surface area (Å²) in [5.41, 5.74) is 3.51. The number of benzene rings is 1. The molecule has 1 aromatic rings. The molecule has 186 valence electrons. The van der Waals surface area contributed by atoms with Gasteiger partial charge < -0.3 is 19.5 Å². The number of amides is 3. The zero-order valence-corrected chi connectivity index (χ0v) is 20.0. The molecule has 0 spiro atoms. The van der Waals surface area contributed by atoms with Crippen molar-refractivity contribution >= 4 is 31.1 Å². The summed E-state index contributed by atoms with van der Waals surface area (Å²) in [5, 5.41) is 19.9. The second-order valence-corrected chi connectivity index (χ2v) is 9.38. The maximum Gasteiger partial charge on any atom is 0.455 e. The number of ether oxygens (including phenoxy) is 1. The van der Waals surface area contributed by atoms with E-state index in [1.165, 1.54) is 12.1 Å². The highest BCUT2D eigenvalue weighted by atomic mass is 19.1. The van der Waals surface area contributed by atoms with Crippen LogP contribution in [0.4, 0.5) is 9.18 Å². The Morgan fingerprint density at radius 1 is 1.31 bits per heavy atom. The molecule has 0 aromatic heterocycles. The number of aromatic hydroxyl groups is 1. The molecule has 1 aliphatic carbocycles. The number of nitrogens with zero attached hydrogens (tertiary/aromatic N) is 1. The van der Waals surface area contributed by atoms with Gasteiger partial charge >= 0.3 is 13.2 Å². The number of fused-ring (bicyclic) bond motifs is 3. The smallest absolute Gasteiger partial charge is 0.455 e. The Kier molecular flexibility index (Phi) is 7.14. The van der Waals surface area contributed by atoms with E-state index in [-0.39, 0.29) is 6.32 Å². The summed E-state index contributed by atoms with van der Waals surface area (Å²) < 4.78 is 24.3. The fourth-order valence-corrected chi connectivity index (χ4v) is 5.71. The van der Waals surface area contributed by atoms with E-state index in [1.807, 2.05) is 19.9 Å². The summed E-state index contributed by atoms with van der Waals surface area (Å²) in [6.07, 6.45) is 2.79. The topological polar surface area (TPSA) is 113 Å². The van der Waals surface area contributed by atoms with Crippen LogP contribution in [0.5, 0.6) is 5.75 Å². The van der Waals surface area contributed by atoms with Crippen molar-refractivity contribution in [3.05, 3.63) is 46.3 Å². The van der Waals surface area contributed by atoms with Crippen LogP contribution in [0.2, 0.25) is 6.32 Å². The minimum atomic E-state index is -1.10. The molecule has 3 amide bonds. The lowest BCUT2D eigenvalue weighted by Gasteiger charge is -2.42. The summed E-state index contributed by atoms with van der Waals surface area (Å²) in [6.45, 7) is 3.89. The lowest BCUT2D eigenvalue weighted by atomic mass is 9.59. The maximum atomic E-state index is 13.7. The van der Waals surface area contributed by atoms with Crippen LogP contribution in [-0.2, 0) is 19.0 Å². The normalized spacial score (nSPS) is 26.7. The minimum absolute atomic E-state index is 0.168. The number of phenolic OH excluding ortho intramolecular Hbond substituents is 1. The van der Waals surface area contributed by atoms with E-state index in [1.54, 1.807) is 6.07 Å². The monoisotopic (exact) mass is 485 g/mol. The third-order valence-corrected chi connectivity index (χ3v) is 7.33. The van der Waals surface area contributed by atoms with Gasteiger partial charge in [0, 0.05) is 0 Å². The average Bonchev–Trinajstić information content (AvgIpc) is 3.07. The van der Waals surface area contributed by atoms with Crippen LogP contribution < -0.4 is 0 Å². The van der Waals surface area contributed by atoms with Crippen LogP contribution in [0.1, 0.15) is 45.1 Å². The number of carbonyl (C=O) groups is 3. The minimum Gasteiger partial charge on any atom is -0.505 e. The molecule has 2 fully saturated rings. The lowest BCUT2D eigenvalue weighted by Crippen LogP contribution is -2.46. The fourth-order valence-electron chi connectivity index (χ4n) is 5.71. The van der Waals surface area contributed by atoms with Crippen molar-refractivity contribution in [3.8, 4) is 5.75 Å². The number of rotatable bonds is 5. The van der Waals surface area contributed by atoms with Crippen molar-refractivity contribution in [1.29, 1.82) is 0 Å². The Hall–Kier alpha value is -2.98. The van der Waals surface area contributed by atoms with Gasteiger partial charge in [-0.25, -0.2) is 9.18 Å². The van der Waals surface area contributed by atoms with E-state index in [4.69, 9.17) is 4.65 Å². The molecule has 8 nitrogen and oxygen atoms in total. The van der Waals surface area contributed by atoms with Gasteiger partial charge in [-0.2, -0.15) is 4.90 Å². The number of imide groups is 3. The summed E-state index contributed by atoms with van der Waals surface area (Å²) in [6, 6.07) is 4.21. The third-order valence-electron chi connectivity index (χ3n) is 7.33. The molecule has 0 unspecified atom stereocenters. The summed E-state index contributed by atoms with van der Waals surface area (Å²) >= 11 is 0. The summed E-state index contributed by atoms with van der Waals surface area (Å²) in [4.78, 5) is 38.6. The van der Waals surface area contributed by atoms with Gasteiger partial charge in [-0.3, -0.25) is 9.59 Å². The Morgan fingerprint density at radius 2 is 2.06 bits per heavy atom. The zero-order valence-electron chi connectivity index (χ0n) is 20.0. The first-order valence-electron chi connectivity index (χ1n) is 11.8. The molecule has 10 heteroatoms. The molecular formula is C25H29BFNO7. The lowest BCUT2D eigenvalue weighted by molar-refractivity contribution is -0.137. The van der Waals surface area contributed by atoms with Gasteiger partial charge in [-0.15, -0.1) is 0 Å². The van der Waals surface area contributed by atoms with E-state index in [0.29, 0.717) is 36.1 Å². The van der Waals surface area contributed by atoms with E-state index in [2.05, 4.69) is 4.74 Å². The van der Waals surface area contributed by atoms with Crippen LogP contribution in [0.3, 0.4) is 0 Å². The summed E-state index contributed by atoms with van der Waals surface area (Å²) in [7, 11) is 0.0231. The van der Waals surface area contributed by atoms with Crippen LogP contribution >= 0.6 is 0 Å². The number of halogens is 1. The first-order valence-corrected chi connectivity index (χ1v) is 11.8. The largest absolute Gasteiger partial charge is 0.505 e. The molecule has 3 aliphatic rings. The molecule has 2 aliphatic heterocycles. The van der Waals surface area contributed by atoms with Gasteiger partial charge in [0.2, 0.25) is 11.8 Å². The number of allylic oxidation sites excluding steroid dienone is 2. The first kappa shape index (κ1) is 25.1. The third kappa shape index (κ3) is 4.64. The molecular weight excluding hydrogens is 456 g/mol. The van der Waals surface area contributed by atoms with Crippen molar-refractivity contribution in [2.45, 2.75) is 52.0 Å². The molecule has 1 aromatic carbocycles. The number of phenols is 1. The van der Waals surface area contributed by atoms with Crippen molar-refractivity contribution < 1.29 is 38.3 Å². The van der Waals surface area contributed by atoms with Gasteiger partial charge in [0.15, 0.2) is 11.6 Å². The van der Waals surface area contributed by atoms with E-state index in [9.17, 15) is 28.9 Å². The van der Waals surface area contributed by atoms with Crippen LogP contribution in [0, 0.1) is 23.6 Å². The quantitative estimate of drug-likeness (QED) is 0.372. The standard InChI is InChI=1S/C25H29BFNO7/c1-4-14(10-15-5-7-19(29)18(27)11-15)6-8-20-21-13(2)9-16-22(17(21)12-26(33)35-20)24(31)28(23(16)30)25(32)34-3/h5,7,10-11,16-17,20,22,29,33H,4,6,8-9,12H2,1-3H3/b14-10+/t16-,17+,20-,22-/m1/s1. The Bertz CT molecular complexity index is 1120. The van der Waals surface area contributed by atoms with Gasteiger partial charge in [-0.05, 0) is 68.1 Å². The van der Waals surface area contributed by atoms with E-state index >= 15 is 0 Å². The van der Waals surface area contributed by atoms with Crippen LogP contribution in [0.15, 0.2) is 34.9 Å². The second-order valence-electron chi connectivity index (χ2n) is 9.38. The predicted molar refractivity (Wildman–Crippen MR) is 125 cm³/mol. The summed E-state index contributed by atoms with van der Waals surface area (Å²) in [5.74, 6) is -4.03. The zero-order chi connectivity index (χ0) is 25.4. The molecule has 4 atom stereocenters. The number of methoxy groups -OCH3 is 1. The molecule has 0 bridgehead atoms. The van der Waals surface area contributed by atoms with Crippen molar-refractivity contribution in [2.24, 2.45) is 17.8 Å². The van der Waals surface area contributed by atoms with Crippen molar-refractivity contribution in [2.75, 3.05) is 7.11 Å². The van der Waals surface area contributed by atoms with Gasteiger partial charge in [-0.1, -0.05) is 30.2 Å². The highest BCUT2D eigenvalue weighted by molar-refractivity contribution is 6.43. The Labute approximate surface area is 203 Å². The number of carbonyl (C=O) groups excluding carboxylic acids is 3. The maximum absolute atomic E-state index is 13.7. The van der Waals surface area contributed by atoms with E-state index in [0.717, 1.165) is 23.8 Å². The molecule has 2 saturated heterocycles. The van der Waals surface area contributed by atoms with Gasteiger partial charge in [0.05, 0.1) is 25.0 Å². The number of hydrogen-bond donors (Lipinski definition) is 2. The molecule has 0 radical (unpaired) electrons. The first-order chi connectivity index (χ1) is 16.7. The molecule has 0 saturated carbocycles. The fraction of sp³-hybridized carbons (Fsp3) is 0.480. The van der Waals surface area contributed by atoms with Crippen LogP contribution in [0.25, 0.3) is 6.08 Å². The van der Waals surface area contributed by atoms with Gasteiger partial charge in [0.25, 0.3) is 0 Å². The predicted octanol–water partition coefficient (Wildman–Crippen LogP) is 3.69. The molecule has 4 rings (SSSR count). The Morgan fingerprint density at radius 3 is 2.71 bits per heavy atom. The average molecular weight is 485 g/mol. The molecule has 35 heavy (non-hydrogen) atoms. The SMILES string of the molecule is CC/C(=C\c1ccc(O)c(F)c1)CC[C@H]1OB(O)C[C@H]2C1=C(C)C[C@H]1C(=O)N(C(=O)OC)C(=O)[C@H]12. The molecule has 2 N–H and O–H groups in total. The van der Waals surface area contributed by atoms with Crippen molar-refractivity contribution in [3.63, 3.8) is 0 Å². The van der Waals surface area contributed by atoms with Crippen molar-refractivity contribution in [1.82, 2.24) is 4.90 Å². The second kappa shape index (κ2) is 9.95. The number of hydrogen-bond acceptors (Lipinski definition) is 7. The highest BCUT2D eigenvalue weighted by Crippen LogP contribution is 2.50. The van der Waals surface area contributed by atoms with E-state index < -0.39 is 60.5 Å². The van der Waals surface area contributed by atoms with Crippen LogP contribution in [-0.4, -0.2) is 53.3 Å². The Balaban J connectivity index is 1.57.